The topological polar surface area (TPSA) is 139 Å². The maximum Gasteiger partial charge on any atom is 0.126 e. The van der Waals surface area contributed by atoms with Gasteiger partial charge in [0.25, 0.3) is 0 Å². The summed E-state index contributed by atoms with van der Waals surface area (Å²) in [6.07, 6.45) is 0. The van der Waals surface area contributed by atoms with Crippen LogP contribution >= 0.6 is 21.6 Å². The van der Waals surface area contributed by atoms with Crippen LogP contribution in [0.25, 0.3) is 44.8 Å². The van der Waals surface area contributed by atoms with E-state index < -0.39 is 0 Å². The second kappa shape index (κ2) is 15.1. The van der Waals surface area contributed by atoms with E-state index in [0.29, 0.717) is 66.3 Å². The van der Waals surface area contributed by atoms with E-state index in [1.807, 2.05) is 60.7 Å². The van der Waals surface area contributed by atoms with Crippen molar-refractivity contribution in [3.8, 4) is 80.5 Å². The van der Waals surface area contributed by atoms with Gasteiger partial charge in [-0.25, -0.2) is 9.97 Å². The summed E-state index contributed by atoms with van der Waals surface area (Å²) < 4.78 is 10.7. The van der Waals surface area contributed by atoms with Crippen molar-refractivity contribution < 1.29 is 9.47 Å². The molecule has 50 heavy (non-hydrogen) atoms. The zero-order chi connectivity index (χ0) is 35.0. The van der Waals surface area contributed by atoms with Crippen LogP contribution in [-0.4, -0.2) is 24.2 Å². The molecule has 0 spiro atoms. The first-order chi connectivity index (χ1) is 24.5. The summed E-state index contributed by atoms with van der Waals surface area (Å²) in [5.41, 5.74) is 5.33. The van der Waals surface area contributed by atoms with E-state index in [9.17, 15) is 21.0 Å². The number of rotatable bonds is 9. The molecule has 4 aromatic carbocycles. The van der Waals surface area contributed by atoms with Crippen molar-refractivity contribution in [1.82, 2.24) is 9.97 Å². The lowest BCUT2D eigenvalue weighted by molar-refractivity contribution is 0.415. The number of pyridine rings is 2. The number of ether oxygens (including phenoxy) is 2. The summed E-state index contributed by atoms with van der Waals surface area (Å²) >= 11 is 0. The molecule has 238 valence electrons. The predicted octanol–water partition coefficient (Wildman–Crippen LogP) is 9.45. The zero-order valence-corrected chi connectivity index (χ0v) is 28.3. The van der Waals surface area contributed by atoms with Gasteiger partial charge in [0.2, 0.25) is 0 Å². The number of methoxy groups -OCH3 is 2. The van der Waals surface area contributed by atoms with Crippen LogP contribution in [0.3, 0.4) is 0 Å². The van der Waals surface area contributed by atoms with Crippen molar-refractivity contribution in [1.29, 1.82) is 21.0 Å². The van der Waals surface area contributed by atoms with Gasteiger partial charge in [-0.3, -0.25) is 0 Å². The molecule has 2 heterocycles. The number of hydrogen-bond donors (Lipinski definition) is 0. The Morgan fingerprint density at radius 2 is 0.780 bits per heavy atom. The summed E-state index contributed by atoms with van der Waals surface area (Å²) in [4.78, 5) is 9.77. The predicted molar refractivity (Wildman–Crippen MR) is 194 cm³/mol. The van der Waals surface area contributed by atoms with Crippen LogP contribution in [0.1, 0.15) is 22.3 Å². The fourth-order valence-corrected chi connectivity index (χ4v) is 7.53. The Kier molecular flexibility index (Phi) is 10.1. The fourth-order valence-electron chi connectivity index (χ4n) is 5.45. The highest BCUT2D eigenvalue weighted by molar-refractivity contribution is 8.76. The van der Waals surface area contributed by atoms with Gasteiger partial charge in [-0.2, -0.15) is 21.0 Å². The Bertz CT molecular complexity index is 2200. The maximum atomic E-state index is 10.6. The molecule has 0 N–H and O–H groups in total. The number of aromatic nitrogens is 2. The van der Waals surface area contributed by atoms with Gasteiger partial charge in [-0.15, -0.1) is 0 Å². The summed E-state index contributed by atoms with van der Waals surface area (Å²) in [6, 6.07) is 42.1. The van der Waals surface area contributed by atoms with Gasteiger partial charge in [0.1, 0.15) is 45.8 Å². The van der Waals surface area contributed by atoms with E-state index in [2.05, 4.69) is 24.3 Å². The third-order valence-electron chi connectivity index (χ3n) is 7.83. The zero-order valence-electron chi connectivity index (χ0n) is 26.7. The number of nitrogens with zero attached hydrogens (tertiary/aromatic N) is 6. The first-order valence-electron chi connectivity index (χ1n) is 15.1. The summed E-state index contributed by atoms with van der Waals surface area (Å²) in [6.45, 7) is 0. The van der Waals surface area contributed by atoms with Gasteiger partial charge in [0.15, 0.2) is 0 Å². The largest absolute Gasteiger partial charge is 0.497 e. The highest BCUT2D eigenvalue weighted by Crippen LogP contribution is 2.47. The molecule has 6 rings (SSSR count). The molecule has 2 aromatic heterocycles. The normalized spacial score (nSPS) is 10.3. The lowest BCUT2D eigenvalue weighted by Crippen LogP contribution is -2.02. The van der Waals surface area contributed by atoms with E-state index in [0.717, 1.165) is 21.6 Å². The van der Waals surface area contributed by atoms with Gasteiger partial charge >= 0.3 is 0 Å². The van der Waals surface area contributed by atoms with Crippen molar-refractivity contribution in [2.24, 2.45) is 0 Å². The van der Waals surface area contributed by atoms with E-state index in [4.69, 9.17) is 19.4 Å². The fraction of sp³-hybridized carbons (Fsp3) is 0.0500. The lowest BCUT2D eigenvalue weighted by atomic mass is 9.93. The third-order valence-corrected chi connectivity index (χ3v) is 10.0. The Hall–Kier alpha value is -6.56. The minimum atomic E-state index is 0.203. The minimum Gasteiger partial charge on any atom is -0.497 e. The van der Waals surface area contributed by atoms with E-state index >= 15 is 0 Å². The highest BCUT2D eigenvalue weighted by atomic mass is 33.1. The Morgan fingerprint density at radius 1 is 0.440 bits per heavy atom. The Balaban J connectivity index is 1.57. The first-order valence-corrected chi connectivity index (χ1v) is 17.2. The Morgan fingerprint density at radius 3 is 1.08 bits per heavy atom. The lowest BCUT2D eigenvalue weighted by Gasteiger charge is -2.17. The average Bonchev–Trinajstić information content (AvgIpc) is 3.19. The van der Waals surface area contributed by atoms with Gasteiger partial charge in [-0.1, -0.05) is 84.9 Å². The molecule has 0 unspecified atom stereocenters. The van der Waals surface area contributed by atoms with E-state index in [1.54, 1.807) is 62.8 Å². The molecule has 0 amide bonds. The van der Waals surface area contributed by atoms with E-state index in [-0.39, 0.29) is 22.3 Å². The second-order valence-corrected chi connectivity index (χ2v) is 12.7. The Labute approximate surface area is 297 Å². The van der Waals surface area contributed by atoms with Crippen molar-refractivity contribution in [2.75, 3.05) is 14.2 Å². The van der Waals surface area contributed by atoms with Crippen LogP contribution < -0.4 is 9.47 Å². The first kappa shape index (κ1) is 33.3. The number of benzene rings is 4. The van der Waals surface area contributed by atoms with Crippen LogP contribution in [0, 0.1) is 45.3 Å². The monoisotopic (exact) mass is 684 g/mol. The van der Waals surface area contributed by atoms with Gasteiger partial charge in [0.05, 0.1) is 47.9 Å². The highest BCUT2D eigenvalue weighted by Gasteiger charge is 2.26. The summed E-state index contributed by atoms with van der Waals surface area (Å²) in [5.74, 6) is 1.26. The van der Waals surface area contributed by atoms with Crippen LogP contribution in [-0.2, 0) is 0 Å². The van der Waals surface area contributed by atoms with Crippen LogP contribution in [0.2, 0.25) is 0 Å². The molecule has 0 radical (unpaired) electrons. The molecule has 0 atom stereocenters. The molecule has 0 aliphatic heterocycles. The maximum absolute atomic E-state index is 10.6. The molecule has 10 heteroatoms. The molecule has 0 fully saturated rings. The molecular weight excluding hydrogens is 661 g/mol. The van der Waals surface area contributed by atoms with Crippen molar-refractivity contribution in [2.45, 2.75) is 10.1 Å². The van der Waals surface area contributed by atoms with Crippen LogP contribution in [0.5, 0.6) is 11.5 Å². The molecule has 8 nitrogen and oxygen atoms in total. The average molecular weight is 685 g/mol. The quantitative estimate of drug-likeness (QED) is 0.135. The van der Waals surface area contributed by atoms with Gasteiger partial charge in [-0.05, 0) is 57.0 Å². The molecule has 6 aromatic rings. The molecular formula is C40H24N6O2S2. The SMILES string of the molecule is COc1ccc(-c2c(C#N)c(SSc3nc(-c4ccccc4)c(C#N)c(-c4ccc(OC)cc4)c3C#N)nc(-c3ccccc3)c2C#N)cc1. The number of nitriles is 4. The molecule has 0 aliphatic carbocycles. The number of hydrogen-bond acceptors (Lipinski definition) is 10. The smallest absolute Gasteiger partial charge is 0.126 e. The molecule has 0 bridgehead atoms. The summed E-state index contributed by atoms with van der Waals surface area (Å²) in [7, 11) is 5.45. The third kappa shape index (κ3) is 6.46. The second-order valence-electron chi connectivity index (χ2n) is 10.6. The molecule has 0 saturated heterocycles. The van der Waals surface area contributed by atoms with Crippen LogP contribution in [0.4, 0.5) is 0 Å². The van der Waals surface area contributed by atoms with Crippen molar-refractivity contribution >= 4 is 21.6 Å². The van der Waals surface area contributed by atoms with Gasteiger partial charge in [0, 0.05) is 22.3 Å². The summed E-state index contributed by atoms with van der Waals surface area (Å²) in [5, 5.41) is 42.7. The minimum absolute atomic E-state index is 0.203. The van der Waals surface area contributed by atoms with Gasteiger partial charge < -0.3 is 9.47 Å². The van der Waals surface area contributed by atoms with Crippen molar-refractivity contribution in [3.63, 3.8) is 0 Å². The standard InChI is InChI=1S/C40H24N6O2S2/c1-47-29-17-13-25(14-18-29)35-31(21-41)37(27-9-5-3-6-10-27)45-39(33(35)23-43)49-50-40-34(24-44)36(26-15-19-30(48-2)20-16-26)32(22-42)38(46-40)28-11-7-4-8-12-28/h3-20H,1-2H3. The van der Waals surface area contributed by atoms with E-state index in [1.165, 1.54) is 0 Å². The molecule has 0 saturated carbocycles. The van der Waals surface area contributed by atoms with Crippen LogP contribution in [0.15, 0.2) is 119 Å². The van der Waals surface area contributed by atoms with Crippen molar-refractivity contribution in [3.05, 3.63) is 131 Å². The molecule has 0 aliphatic rings.